The summed E-state index contributed by atoms with van der Waals surface area (Å²) < 4.78 is 5.14. The molecule has 0 radical (unpaired) electrons. The molecule has 0 fully saturated rings. The van der Waals surface area contributed by atoms with Crippen LogP contribution in [0.5, 0.6) is 5.75 Å². The Bertz CT molecular complexity index is 364. The number of benzene rings is 1. The second-order valence-electron chi connectivity index (χ2n) is 4.17. The van der Waals surface area contributed by atoms with Crippen molar-refractivity contribution in [2.24, 2.45) is 0 Å². The summed E-state index contributed by atoms with van der Waals surface area (Å²) >= 11 is 0. The molecule has 0 aromatic heterocycles. The number of terminal acetylenes is 1. The maximum Gasteiger partial charge on any atom is 0.118 e. The Labute approximate surface area is 104 Å². The van der Waals surface area contributed by atoms with E-state index in [2.05, 4.69) is 37.2 Å². The first-order chi connectivity index (χ1) is 8.21. The molecule has 2 atom stereocenters. The van der Waals surface area contributed by atoms with Gasteiger partial charge in [0.1, 0.15) is 5.75 Å². The van der Waals surface area contributed by atoms with Gasteiger partial charge in [0.25, 0.3) is 0 Å². The van der Waals surface area contributed by atoms with Crippen LogP contribution < -0.4 is 10.1 Å². The van der Waals surface area contributed by atoms with Gasteiger partial charge in [0.05, 0.1) is 7.11 Å². The Hall–Kier alpha value is -1.46. The number of hydrogen-bond donors (Lipinski definition) is 1. The van der Waals surface area contributed by atoms with Gasteiger partial charge < -0.3 is 10.1 Å². The summed E-state index contributed by atoms with van der Waals surface area (Å²) in [5, 5.41) is 3.54. The van der Waals surface area contributed by atoms with Crippen LogP contribution in [0.1, 0.15) is 38.3 Å². The molecule has 1 aromatic carbocycles. The summed E-state index contributed by atoms with van der Waals surface area (Å²) in [6, 6.07) is 8.82. The third-order valence-electron chi connectivity index (χ3n) is 2.96. The minimum absolute atomic E-state index is 0.305. The van der Waals surface area contributed by atoms with E-state index in [0.717, 1.165) is 18.6 Å². The molecule has 0 heterocycles. The van der Waals surface area contributed by atoms with Crippen molar-refractivity contribution >= 4 is 0 Å². The van der Waals surface area contributed by atoms with E-state index >= 15 is 0 Å². The maximum absolute atomic E-state index is 5.35. The van der Waals surface area contributed by atoms with E-state index < -0.39 is 0 Å². The molecule has 0 amide bonds. The Morgan fingerprint density at radius 3 is 2.47 bits per heavy atom. The highest BCUT2D eigenvalue weighted by Gasteiger charge is 2.10. The lowest BCUT2D eigenvalue weighted by atomic mass is 10.1. The first-order valence-electron chi connectivity index (χ1n) is 6.04. The topological polar surface area (TPSA) is 21.3 Å². The highest BCUT2D eigenvalue weighted by Crippen LogP contribution is 2.18. The van der Waals surface area contributed by atoms with Crippen molar-refractivity contribution < 1.29 is 4.74 Å². The van der Waals surface area contributed by atoms with Crippen molar-refractivity contribution in [2.75, 3.05) is 7.11 Å². The van der Waals surface area contributed by atoms with Crippen LogP contribution in [0.15, 0.2) is 24.3 Å². The first kappa shape index (κ1) is 13.6. The zero-order valence-corrected chi connectivity index (χ0v) is 10.9. The molecule has 1 N–H and O–H groups in total. The summed E-state index contributed by atoms with van der Waals surface area (Å²) in [5.41, 5.74) is 1.25. The Morgan fingerprint density at radius 1 is 1.35 bits per heavy atom. The minimum atomic E-state index is 0.305. The lowest BCUT2D eigenvalue weighted by molar-refractivity contribution is 0.413. The van der Waals surface area contributed by atoms with Crippen LogP contribution in [0.3, 0.4) is 0 Å². The van der Waals surface area contributed by atoms with Crippen molar-refractivity contribution in [3.05, 3.63) is 29.8 Å². The van der Waals surface area contributed by atoms with Crippen LogP contribution in [0.2, 0.25) is 0 Å². The summed E-state index contributed by atoms with van der Waals surface area (Å²) in [7, 11) is 1.68. The van der Waals surface area contributed by atoms with E-state index in [1.165, 1.54) is 5.56 Å². The zero-order valence-electron chi connectivity index (χ0n) is 10.9. The van der Waals surface area contributed by atoms with Crippen molar-refractivity contribution in [1.29, 1.82) is 0 Å². The maximum atomic E-state index is 5.35. The van der Waals surface area contributed by atoms with Crippen molar-refractivity contribution in [3.8, 4) is 18.1 Å². The van der Waals surface area contributed by atoms with E-state index in [4.69, 9.17) is 11.2 Å². The van der Waals surface area contributed by atoms with E-state index in [1.54, 1.807) is 7.11 Å². The summed E-state index contributed by atoms with van der Waals surface area (Å²) in [4.78, 5) is 0. The fraction of sp³-hybridized carbons (Fsp3) is 0.467. The molecule has 2 heteroatoms. The Balaban J connectivity index is 2.62. The first-order valence-corrected chi connectivity index (χ1v) is 6.04. The van der Waals surface area contributed by atoms with Crippen LogP contribution in [-0.2, 0) is 0 Å². The summed E-state index contributed by atoms with van der Waals surface area (Å²) in [6.07, 6.45) is 7.17. The minimum Gasteiger partial charge on any atom is -0.497 e. The molecule has 0 saturated heterocycles. The lowest BCUT2D eigenvalue weighted by Crippen LogP contribution is -2.30. The molecule has 0 aliphatic heterocycles. The molecular weight excluding hydrogens is 210 g/mol. The largest absolute Gasteiger partial charge is 0.497 e. The predicted molar refractivity (Wildman–Crippen MR) is 72.1 cm³/mol. The highest BCUT2D eigenvalue weighted by molar-refractivity contribution is 5.28. The molecule has 2 unspecified atom stereocenters. The van der Waals surface area contributed by atoms with Gasteiger partial charge in [-0.2, -0.15) is 0 Å². The van der Waals surface area contributed by atoms with Crippen LogP contribution in [0.25, 0.3) is 0 Å². The lowest BCUT2D eigenvalue weighted by Gasteiger charge is -2.21. The van der Waals surface area contributed by atoms with Gasteiger partial charge in [0.2, 0.25) is 0 Å². The highest BCUT2D eigenvalue weighted by atomic mass is 16.5. The van der Waals surface area contributed by atoms with Gasteiger partial charge in [-0.15, -0.1) is 12.3 Å². The van der Waals surface area contributed by atoms with Crippen molar-refractivity contribution in [1.82, 2.24) is 5.32 Å². The van der Waals surface area contributed by atoms with Crippen LogP contribution in [0.4, 0.5) is 0 Å². The SMILES string of the molecule is C#CCC(CC)NC(C)c1ccc(OC)cc1. The molecule has 92 valence electrons. The van der Waals surface area contributed by atoms with E-state index in [-0.39, 0.29) is 0 Å². The Morgan fingerprint density at radius 2 is 2.00 bits per heavy atom. The third kappa shape index (κ3) is 4.13. The van der Waals surface area contributed by atoms with Crippen LogP contribution in [-0.4, -0.2) is 13.2 Å². The molecule has 2 nitrogen and oxygen atoms in total. The van der Waals surface area contributed by atoms with Crippen LogP contribution >= 0.6 is 0 Å². The number of hydrogen-bond acceptors (Lipinski definition) is 2. The number of ether oxygens (including phenoxy) is 1. The quantitative estimate of drug-likeness (QED) is 0.759. The molecule has 0 aliphatic rings. The predicted octanol–water partition coefficient (Wildman–Crippen LogP) is 3.15. The van der Waals surface area contributed by atoms with Gasteiger partial charge in [-0.05, 0) is 31.0 Å². The molecule has 0 saturated carbocycles. The molecular formula is C15H21NO. The molecule has 0 spiro atoms. The van der Waals surface area contributed by atoms with Gasteiger partial charge in [0, 0.05) is 18.5 Å². The fourth-order valence-electron chi connectivity index (χ4n) is 1.81. The van der Waals surface area contributed by atoms with Gasteiger partial charge in [-0.3, -0.25) is 0 Å². The van der Waals surface area contributed by atoms with E-state index in [1.807, 2.05) is 12.1 Å². The second kappa shape index (κ2) is 6.98. The Kier molecular flexibility index (Phi) is 5.59. The summed E-state index contributed by atoms with van der Waals surface area (Å²) in [6.45, 7) is 4.30. The van der Waals surface area contributed by atoms with Gasteiger partial charge in [-0.25, -0.2) is 0 Å². The zero-order chi connectivity index (χ0) is 12.7. The van der Waals surface area contributed by atoms with Crippen molar-refractivity contribution in [3.63, 3.8) is 0 Å². The number of methoxy groups -OCH3 is 1. The van der Waals surface area contributed by atoms with Crippen molar-refractivity contribution in [2.45, 2.75) is 38.8 Å². The number of nitrogens with one attached hydrogen (secondary N) is 1. The monoisotopic (exact) mass is 231 g/mol. The van der Waals surface area contributed by atoms with Gasteiger partial charge in [-0.1, -0.05) is 19.1 Å². The average molecular weight is 231 g/mol. The average Bonchev–Trinajstić information content (AvgIpc) is 2.38. The molecule has 0 bridgehead atoms. The normalized spacial score (nSPS) is 13.8. The summed E-state index contributed by atoms with van der Waals surface area (Å²) in [5.74, 6) is 3.60. The standard InChI is InChI=1S/C15H21NO/c1-5-7-14(6-2)16-12(3)13-8-10-15(17-4)11-9-13/h1,8-12,14,16H,6-7H2,2-4H3. The molecule has 17 heavy (non-hydrogen) atoms. The van der Waals surface area contributed by atoms with Gasteiger partial charge in [0.15, 0.2) is 0 Å². The molecule has 0 aliphatic carbocycles. The number of rotatable bonds is 6. The third-order valence-corrected chi connectivity index (χ3v) is 2.96. The van der Waals surface area contributed by atoms with E-state index in [9.17, 15) is 0 Å². The fourth-order valence-corrected chi connectivity index (χ4v) is 1.81. The van der Waals surface area contributed by atoms with E-state index in [0.29, 0.717) is 12.1 Å². The smallest absolute Gasteiger partial charge is 0.118 e. The molecule has 1 rings (SSSR count). The molecule has 1 aromatic rings. The van der Waals surface area contributed by atoms with Gasteiger partial charge >= 0.3 is 0 Å². The van der Waals surface area contributed by atoms with Crippen LogP contribution in [0, 0.1) is 12.3 Å². The second-order valence-corrected chi connectivity index (χ2v) is 4.17.